The number of anilines is 2. The van der Waals surface area contributed by atoms with Crippen molar-refractivity contribution >= 4 is 28.8 Å². The molecule has 2 aliphatic heterocycles. The van der Waals surface area contributed by atoms with Crippen LogP contribution in [0.15, 0.2) is 198 Å². The van der Waals surface area contributed by atoms with Gasteiger partial charge in [0, 0.05) is 38.0 Å². The van der Waals surface area contributed by atoms with E-state index in [9.17, 15) is 0 Å². The topological polar surface area (TPSA) is 27.3 Å². The second kappa shape index (κ2) is 13.3. The smallest absolute Gasteiger partial charge is 0.104 e. The Bertz CT molecular complexity index is 2290. The number of benzene rings is 6. The lowest BCUT2D eigenvalue weighted by atomic mass is 9.76. The highest BCUT2D eigenvalue weighted by molar-refractivity contribution is 7.99. The van der Waals surface area contributed by atoms with Crippen LogP contribution in [0, 0.1) is 0 Å². The van der Waals surface area contributed by atoms with Gasteiger partial charge in [0.2, 0.25) is 0 Å². The van der Waals surface area contributed by atoms with Gasteiger partial charge in [-0.25, -0.2) is 0 Å². The van der Waals surface area contributed by atoms with Crippen LogP contribution in [-0.2, 0) is 5.41 Å². The Morgan fingerprint density at radius 3 is 2.14 bits per heavy atom. The van der Waals surface area contributed by atoms with Crippen LogP contribution in [0.4, 0.5) is 11.4 Å². The van der Waals surface area contributed by atoms with Gasteiger partial charge in [-0.2, -0.15) is 0 Å². The van der Waals surface area contributed by atoms with Gasteiger partial charge in [0.05, 0.1) is 6.04 Å². The molecule has 10 bridgehead atoms. The number of nitrogens with one attached hydrogen (secondary N) is 2. The zero-order chi connectivity index (χ0) is 34.2. The fourth-order valence-corrected chi connectivity index (χ4v) is 8.39. The van der Waals surface area contributed by atoms with E-state index >= 15 is 0 Å². The molecule has 0 saturated heterocycles. The van der Waals surface area contributed by atoms with Crippen LogP contribution in [0.3, 0.4) is 0 Å². The highest BCUT2D eigenvalue weighted by Crippen LogP contribution is 2.42. The van der Waals surface area contributed by atoms with Crippen molar-refractivity contribution in [1.29, 1.82) is 0 Å². The molecule has 3 nitrogen and oxygen atoms in total. The van der Waals surface area contributed by atoms with Crippen molar-refractivity contribution in [3.8, 4) is 11.1 Å². The summed E-state index contributed by atoms with van der Waals surface area (Å²) in [5.41, 5.74) is 11.7. The van der Waals surface area contributed by atoms with Crippen LogP contribution in [0.25, 0.3) is 16.8 Å². The number of hydrogen-bond donors (Lipinski definition) is 2. The van der Waals surface area contributed by atoms with Crippen molar-refractivity contribution in [2.24, 2.45) is 0 Å². The van der Waals surface area contributed by atoms with Gasteiger partial charge in [-0.05, 0) is 119 Å². The minimum atomic E-state index is -0.202. The molecule has 0 spiro atoms. The predicted molar refractivity (Wildman–Crippen MR) is 213 cm³/mol. The molecule has 4 heteroatoms. The van der Waals surface area contributed by atoms with Crippen LogP contribution in [0.1, 0.15) is 47.8 Å². The van der Waals surface area contributed by atoms with Crippen molar-refractivity contribution in [3.05, 3.63) is 210 Å². The molecule has 6 aromatic carbocycles. The fourth-order valence-electron chi connectivity index (χ4n) is 7.55. The lowest BCUT2D eigenvalue weighted by Gasteiger charge is -2.36. The molecule has 3 aliphatic rings. The third-order valence-corrected chi connectivity index (χ3v) is 11.3. The van der Waals surface area contributed by atoms with Crippen LogP contribution < -0.4 is 15.5 Å². The Labute approximate surface area is 305 Å². The summed E-state index contributed by atoms with van der Waals surface area (Å²) in [6.07, 6.45) is 10.3. The second-order valence-corrected chi connectivity index (χ2v) is 15.0. The maximum absolute atomic E-state index is 3.90. The summed E-state index contributed by atoms with van der Waals surface area (Å²) in [6.45, 7) is 2.37. The minimum absolute atomic E-state index is 0.0627. The van der Waals surface area contributed by atoms with Crippen molar-refractivity contribution in [3.63, 3.8) is 0 Å². The Kier molecular flexibility index (Phi) is 8.19. The zero-order valence-corrected chi connectivity index (χ0v) is 29.4. The lowest BCUT2D eigenvalue weighted by molar-refractivity contribution is 0.442. The van der Waals surface area contributed by atoms with E-state index in [1.807, 2.05) is 0 Å². The van der Waals surface area contributed by atoms with E-state index in [1.165, 1.54) is 48.9 Å². The average molecular weight is 678 g/mol. The first-order valence-electron chi connectivity index (χ1n) is 17.7. The molecule has 3 atom stereocenters. The van der Waals surface area contributed by atoms with Gasteiger partial charge in [0.1, 0.15) is 6.17 Å². The van der Waals surface area contributed by atoms with Crippen LogP contribution in [-0.4, -0.2) is 0 Å². The quantitative estimate of drug-likeness (QED) is 0.194. The molecule has 2 N–H and O–H groups in total. The number of allylic oxidation sites excluding steroid dienone is 3. The Morgan fingerprint density at radius 1 is 0.627 bits per heavy atom. The summed E-state index contributed by atoms with van der Waals surface area (Å²) in [6, 6.07) is 57.4. The van der Waals surface area contributed by atoms with E-state index in [0.717, 1.165) is 23.5 Å². The van der Waals surface area contributed by atoms with E-state index in [1.54, 1.807) is 11.8 Å². The standard InChI is InChI=1S/C47H39N3S/c1-47-27-11-20-41(32-47)50(39-23-25-43(26-24-39)51-42-21-6-3-7-22-42)40-19-10-15-35(30-40)34-14-8-17-37(28-34)46-48-44(33-12-4-2-5-13-33)31-45(49-46)36-16-9-18-38(47)29-36/h2-26,28-32,44,46,48-49H,27H2,1H3. The number of nitrogens with zero attached hydrogens (tertiary/aromatic N) is 1. The fraction of sp³-hybridized carbons (Fsp3) is 0.106. The van der Waals surface area contributed by atoms with Crippen molar-refractivity contribution < 1.29 is 0 Å². The molecule has 248 valence electrons. The van der Waals surface area contributed by atoms with E-state index < -0.39 is 0 Å². The van der Waals surface area contributed by atoms with Crippen LogP contribution in [0.5, 0.6) is 0 Å². The molecule has 0 saturated carbocycles. The molecule has 1 aliphatic carbocycles. The highest BCUT2D eigenvalue weighted by atomic mass is 32.2. The van der Waals surface area contributed by atoms with Gasteiger partial charge in [0.15, 0.2) is 0 Å². The molecule has 0 amide bonds. The molecule has 0 aromatic heterocycles. The number of rotatable bonds is 4. The highest BCUT2D eigenvalue weighted by Gasteiger charge is 2.30. The molecule has 51 heavy (non-hydrogen) atoms. The Balaban J connectivity index is 1.20. The SMILES string of the molecule is CC12C=C(C=CC1)N(c1ccc(Sc3ccccc3)cc1)c1cccc(c1)-c1cccc(c1)C1NC(=CC(c3ccccc3)N1)c1cccc2c1. The Morgan fingerprint density at radius 2 is 1.31 bits per heavy atom. The minimum Gasteiger partial charge on any atom is -0.366 e. The molecule has 2 heterocycles. The van der Waals surface area contributed by atoms with Crippen molar-refractivity contribution in [2.75, 3.05) is 4.90 Å². The third kappa shape index (κ3) is 6.33. The van der Waals surface area contributed by atoms with Crippen molar-refractivity contribution in [2.45, 2.75) is 40.8 Å². The van der Waals surface area contributed by atoms with E-state index in [2.05, 4.69) is 204 Å². The van der Waals surface area contributed by atoms with Gasteiger partial charge in [0.25, 0.3) is 0 Å². The third-order valence-electron chi connectivity index (χ3n) is 10.3. The summed E-state index contributed by atoms with van der Waals surface area (Å²) in [5.74, 6) is 0. The zero-order valence-electron chi connectivity index (χ0n) is 28.5. The Hall–Kier alpha value is -5.55. The van der Waals surface area contributed by atoms with E-state index in [-0.39, 0.29) is 17.6 Å². The molecule has 6 aromatic rings. The number of fused-ring (bicyclic) bond motifs is 13. The molecule has 9 rings (SSSR count). The average Bonchev–Trinajstić information content (AvgIpc) is 3.19. The summed E-state index contributed by atoms with van der Waals surface area (Å²) in [7, 11) is 0. The normalized spacial score (nSPS) is 20.5. The van der Waals surface area contributed by atoms with Gasteiger partial charge in [-0.1, -0.05) is 122 Å². The largest absolute Gasteiger partial charge is 0.366 e. The molecule has 0 radical (unpaired) electrons. The van der Waals surface area contributed by atoms with Gasteiger partial charge in [-0.3, -0.25) is 5.32 Å². The van der Waals surface area contributed by atoms with Gasteiger partial charge >= 0.3 is 0 Å². The first-order chi connectivity index (χ1) is 25.1. The van der Waals surface area contributed by atoms with Gasteiger partial charge in [-0.15, -0.1) is 0 Å². The summed E-state index contributed by atoms with van der Waals surface area (Å²) in [5, 5.41) is 7.79. The number of hydrogen-bond acceptors (Lipinski definition) is 4. The molecular weight excluding hydrogens is 639 g/mol. The van der Waals surface area contributed by atoms with E-state index in [4.69, 9.17) is 0 Å². The molecular formula is C47H39N3S. The first-order valence-corrected chi connectivity index (χ1v) is 18.5. The van der Waals surface area contributed by atoms with E-state index in [0.29, 0.717) is 0 Å². The summed E-state index contributed by atoms with van der Waals surface area (Å²) >= 11 is 1.79. The monoisotopic (exact) mass is 677 g/mol. The van der Waals surface area contributed by atoms with Gasteiger partial charge < -0.3 is 10.2 Å². The summed E-state index contributed by atoms with van der Waals surface area (Å²) in [4.78, 5) is 4.87. The maximum Gasteiger partial charge on any atom is 0.104 e. The lowest BCUT2D eigenvalue weighted by Crippen LogP contribution is -2.39. The predicted octanol–water partition coefficient (Wildman–Crippen LogP) is 11.7. The molecule has 3 unspecified atom stereocenters. The van der Waals surface area contributed by atoms with Crippen LogP contribution in [0.2, 0.25) is 0 Å². The first kappa shape index (κ1) is 31.4. The summed E-state index contributed by atoms with van der Waals surface area (Å²) < 4.78 is 0. The van der Waals surface area contributed by atoms with Crippen LogP contribution >= 0.6 is 11.8 Å². The second-order valence-electron chi connectivity index (χ2n) is 13.8. The maximum atomic E-state index is 3.90. The molecule has 0 fully saturated rings. The van der Waals surface area contributed by atoms with Crippen molar-refractivity contribution in [1.82, 2.24) is 10.6 Å².